The number of hydrogen-bond donors (Lipinski definition) is 3. The Morgan fingerprint density at radius 3 is 2.65 bits per heavy atom. The van der Waals surface area contributed by atoms with Crippen molar-refractivity contribution in [3.05, 3.63) is 35.8 Å². The number of H-pyrrole nitrogens is 1. The first kappa shape index (κ1) is 14.5. The van der Waals surface area contributed by atoms with E-state index in [9.17, 15) is 8.42 Å². The summed E-state index contributed by atoms with van der Waals surface area (Å²) < 4.78 is 27.2. The topological polar surface area (TPSA) is 99.8 Å². The van der Waals surface area contributed by atoms with Crippen molar-refractivity contribution in [2.45, 2.75) is 25.4 Å². The third-order valence-electron chi connectivity index (χ3n) is 2.77. The van der Waals surface area contributed by atoms with Crippen LogP contribution in [0.3, 0.4) is 0 Å². The molecule has 0 amide bonds. The molecule has 0 aliphatic carbocycles. The summed E-state index contributed by atoms with van der Waals surface area (Å²) in [6, 6.07) is 3.17. The van der Waals surface area contributed by atoms with Crippen molar-refractivity contribution in [2.75, 3.05) is 11.3 Å². The zero-order valence-electron chi connectivity index (χ0n) is 11.3. The number of nitrogens with one attached hydrogen (secondary N) is 3. The van der Waals surface area contributed by atoms with Crippen molar-refractivity contribution in [1.82, 2.24) is 20.5 Å². The predicted molar refractivity (Wildman–Crippen MR) is 75.8 cm³/mol. The van der Waals surface area contributed by atoms with Gasteiger partial charge < -0.3 is 5.32 Å². The number of pyridine rings is 1. The summed E-state index contributed by atoms with van der Waals surface area (Å²) in [6.07, 6.45) is 3.04. The monoisotopic (exact) mass is 295 g/mol. The van der Waals surface area contributed by atoms with Gasteiger partial charge in [-0.15, -0.1) is 0 Å². The lowest BCUT2D eigenvalue weighted by Gasteiger charge is -2.08. The molecule has 0 saturated heterocycles. The van der Waals surface area contributed by atoms with Gasteiger partial charge in [0.15, 0.2) is 0 Å². The number of aryl methyl sites for hydroxylation is 1. The molecule has 8 heteroatoms. The SMILES string of the molecule is CCNCc1c(S(=O)(=O)Nc2ccncc2)n[nH]c1C. The van der Waals surface area contributed by atoms with Crippen molar-refractivity contribution < 1.29 is 8.42 Å². The van der Waals surface area contributed by atoms with Gasteiger partial charge in [0, 0.05) is 30.2 Å². The van der Waals surface area contributed by atoms with Gasteiger partial charge in [-0.05, 0) is 25.6 Å². The molecule has 0 saturated carbocycles. The van der Waals surface area contributed by atoms with E-state index in [1.807, 2.05) is 6.92 Å². The van der Waals surface area contributed by atoms with E-state index in [0.29, 0.717) is 17.8 Å². The second-order valence-corrected chi connectivity index (χ2v) is 5.85. The van der Waals surface area contributed by atoms with E-state index in [1.165, 1.54) is 12.4 Å². The maximum absolute atomic E-state index is 12.4. The highest BCUT2D eigenvalue weighted by molar-refractivity contribution is 7.92. The first-order valence-corrected chi connectivity index (χ1v) is 7.70. The van der Waals surface area contributed by atoms with Crippen molar-refractivity contribution in [2.24, 2.45) is 0 Å². The average molecular weight is 295 g/mol. The molecule has 3 N–H and O–H groups in total. The van der Waals surface area contributed by atoms with Crippen molar-refractivity contribution in [3.63, 3.8) is 0 Å². The van der Waals surface area contributed by atoms with E-state index in [0.717, 1.165) is 12.2 Å². The molecule has 2 heterocycles. The Morgan fingerprint density at radius 1 is 1.30 bits per heavy atom. The molecule has 7 nitrogen and oxygen atoms in total. The Kier molecular flexibility index (Phi) is 4.35. The first-order chi connectivity index (χ1) is 9.54. The summed E-state index contributed by atoms with van der Waals surface area (Å²) >= 11 is 0. The Bertz CT molecular complexity index is 666. The number of aromatic nitrogens is 3. The maximum atomic E-state index is 12.4. The van der Waals surface area contributed by atoms with Crippen LogP contribution in [0.5, 0.6) is 0 Å². The molecule has 20 heavy (non-hydrogen) atoms. The lowest BCUT2D eigenvalue weighted by Crippen LogP contribution is -2.19. The standard InChI is InChI=1S/C12H17N5O2S/c1-3-13-8-11-9(2)15-16-12(11)20(18,19)17-10-4-6-14-7-5-10/h4-7,13H,3,8H2,1-2H3,(H,14,17)(H,15,16). The van der Waals surface area contributed by atoms with Gasteiger partial charge >= 0.3 is 0 Å². The molecule has 2 rings (SSSR count). The minimum atomic E-state index is -3.71. The zero-order chi connectivity index (χ0) is 14.6. The zero-order valence-corrected chi connectivity index (χ0v) is 12.2. The summed E-state index contributed by atoms with van der Waals surface area (Å²) in [5, 5.41) is 9.75. The molecular weight excluding hydrogens is 278 g/mol. The lowest BCUT2D eigenvalue weighted by molar-refractivity contribution is 0.594. The van der Waals surface area contributed by atoms with Crippen LogP contribution in [-0.4, -0.2) is 30.1 Å². The van der Waals surface area contributed by atoms with Gasteiger partial charge in [-0.3, -0.25) is 14.8 Å². The smallest absolute Gasteiger partial charge is 0.281 e. The Labute approximate surface area is 117 Å². The molecule has 2 aromatic rings. The summed E-state index contributed by atoms with van der Waals surface area (Å²) in [7, 11) is -3.71. The van der Waals surface area contributed by atoms with Crippen LogP contribution in [0, 0.1) is 6.92 Å². The Balaban J connectivity index is 2.30. The van der Waals surface area contributed by atoms with Gasteiger partial charge in [0.2, 0.25) is 5.03 Å². The molecule has 0 fully saturated rings. The molecular formula is C12H17N5O2S. The minimum absolute atomic E-state index is 0.0211. The molecule has 0 radical (unpaired) electrons. The van der Waals surface area contributed by atoms with Crippen molar-refractivity contribution >= 4 is 15.7 Å². The quantitative estimate of drug-likeness (QED) is 0.739. The van der Waals surface area contributed by atoms with Crippen LogP contribution >= 0.6 is 0 Å². The van der Waals surface area contributed by atoms with Gasteiger partial charge in [0.1, 0.15) is 0 Å². The van der Waals surface area contributed by atoms with Gasteiger partial charge in [-0.25, -0.2) is 0 Å². The highest BCUT2D eigenvalue weighted by atomic mass is 32.2. The third kappa shape index (κ3) is 3.14. The van der Waals surface area contributed by atoms with Crippen LogP contribution in [-0.2, 0) is 16.6 Å². The molecule has 2 aromatic heterocycles. The average Bonchev–Trinajstić information content (AvgIpc) is 2.79. The van der Waals surface area contributed by atoms with E-state index in [4.69, 9.17) is 0 Å². The summed E-state index contributed by atoms with van der Waals surface area (Å²) in [4.78, 5) is 3.84. The molecule has 108 valence electrons. The van der Waals surface area contributed by atoms with Crippen molar-refractivity contribution in [3.8, 4) is 0 Å². The third-order valence-corrected chi connectivity index (χ3v) is 4.13. The molecule has 0 spiro atoms. The van der Waals surface area contributed by atoms with E-state index < -0.39 is 10.0 Å². The fourth-order valence-electron chi connectivity index (χ4n) is 1.73. The highest BCUT2D eigenvalue weighted by Gasteiger charge is 2.23. The highest BCUT2D eigenvalue weighted by Crippen LogP contribution is 2.19. The number of aromatic amines is 1. The number of hydrogen-bond acceptors (Lipinski definition) is 5. The van der Waals surface area contributed by atoms with Crippen LogP contribution in [0.4, 0.5) is 5.69 Å². The molecule has 0 aliphatic heterocycles. The number of rotatable bonds is 6. The second kappa shape index (κ2) is 6.02. The van der Waals surface area contributed by atoms with Crippen LogP contribution in [0.15, 0.2) is 29.6 Å². The van der Waals surface area contributed by atoms with E-state index in [-0.39, 0.29) is 5.03 Å². The normalized spacial score (nSPS) is 11.5. The number of nitrogens with zero attached hydrogens (tertiary/aromatic N) is 2. The molecule has 0 aliphatic rings. The number of sulfonamides is 1. The minimum Gasteiger partial charge on any atom is -0.313 e. The molecule has 0 atom stereocenters. The van der Waals surface area contributed by atoms with Crippen LogP contribution in [0.1, 0.15) is 18.2 Å². The first-order valence-electron chi connectivity index (χ1n) is 6.22. The molecule has 0 aromatic carbocycles. The summed E-state index contributed by atoms with van der Waals surface area (Å²) in [5.41, 5.74) is 1.84. The largest absolute Gasteiger partial charge is 0.313 e. The molecule has 0 unspecified atom stereocenters. The fourth-order valence-corrected chi connectivity index (χ4v) is 2.99. The van der Waals surface area contributed by atoms with Crippen LogP contribution in [0.2, 0.25) is 0 Å². The Hall–Kier alpha value is -1.93. The number of anilines is 1. The van der Waals surface area contributed by atoms with Crippen molar-refractivity contribution in [1.29, 1.82) is 0 Å². The Morgan fingerprint density at radius 2 is 2.00 bits per heavy atom. The van der Waals surface area contributed by atoms with Crippen LogP contribution < -0.4 is 10.0 Å². The summed E-state index contributed by atoms with van der Waals surface area (Å²) in [5.74, 6) is 0. The lowest BCUT2D eigenvalue weighted by atomic mass is 10.2. The second-order valence-electron chi connectivity index (χ2n) is 4.25. The van der Waals surface area contributed by atoms with Gasteiger partial charge in [0.25, 0.3) is 10.0 Å². The van der Waals surface area contributed by atoms with Gasteiger partial charge in [-0.1, -0.05) is 6.92 Å². The van der Waals surface area contributed by atoms with Crippen LogP contribution in [0.25, 0.3) is 0 Å². The molecule has 0 bridgehead atoms. The van der Waals surface area contributed by atoms with E-state index in [1.54, 1.807) is 19.1 Å². The van der Waals surface area contributed by atoms with E-state index >= 15 is 0 Å². The predicted octanol–water partition coefficient (Wildman–Crippen LogP) is 1.02. The van der Waals surface area contributed by atoms with Gasteiger partial charge in [-0.2, -0.15) is 13.5 Å². The van der Waals surface area contributed by atoms with Gasteiger partial charge in [0.05, 0.1) is 5.69 Å². The van der Waals surface area contributed by atoms with E-state index in [2.05, 4.69) is 25.2 Å². The summed E-state index contributed by atoms with van der Waals surface area (Å²) in [6.45, 7) is 4.96. The fraction of sp³-hybridized carbons (Fsp3) is 0.333. The maximum Gasteiger partial charge on any atom is 0.281 e.